The minimum absolute atomic E-state index is 0.0108. The van der Waals surface area contributed by atoms with E-state index in [0.29, 0.717) is 15.9 Å². The van der Waals surface area contributed by atoms with E-state index in [1.165, 1.54) is 11.1 Å². The summed E-state index contributed by atoms with van der Waals surface area (Å²) in [4.78, 5) is 12.5. The maximum atomic E-state index is 12.5. The molecular weight excluding hydrogens is 357 g/mol. The number of amides is 1. The molecule has 4 rings (SSSR count). The third kappa shape index (κ3) is 3.28. The second-order valence-electron chi connectivity index (χ2n) is 6.16. The van der Waals surface area contributed by atoms with Crippen LogP contribution in [0.1, 0.15) is 11.1 Å². The fourth-order valence-corrected chi connectivity index (χ4v) is 3.47. The predicted molar refractivity (Wildman–Crippen MR) is 100 cm³/mol. The number of anilines is 1. The van der Waals surface area contributed by atoms with Crippen molar-refractivity contribution in [2.45, 2.75) is 12.8 Å². The van der Waals surface area contributed by atoms with Gasteiger partial charge in [0, 0.05) is 17.5 Å². The lowest BCUT2D eigenvalue weighted by Crippen LogP contribution is -2.23. The highest BCUT2D eigenvalue weighted by molar-refractivity contribution is 6.42. The van der Waals surface area contributed by atoms with Gasteiger partial charge in [-0.3, -0.25) is 9.89 Å². The number of benzene rings is 2. The summed E-state index contributed by atoms with van der Waals surface area (Å²) in [5.41, 5.74) is 4.13. The predicted octanol–water partition coefficient (Wildman–Crippen LogP) is 4.74. The van der Waals surface area contributed by atoms with Crippen molar-refractivity contribution < 1.29 is 4.79 Å². The molecule has 0 bridgehead atoms. The highest BCUT2D eigenvalue weighted by Gasteiger charge is 2.27. The van der Waals surface area contributed by atoms with Crippen LogP contribution < -0.4 is 5.32 Å². The van der Waals surface area contributed by atoms with Crippen molar-refractivity contribution >= 4 is 34.9 Å². The van der Waals surface area contributed by atoms with Crippen LogP contribution in [-0.4, -0.2) is 16.1 Å². The lowest BCUT2D eigenvalue weighted by atomic mass is 10.1. The van der Waals surface area contributed by atoms with Crippen molar-refractivity contribution in [3.63, 3.8) is 0 Å². The number of rotatable bonds is 3. The molecule has 0 radical (unpaired) electrons. The van der Waals surface area contributed by atoms with Crippen molar-refractivity contribution in [1.82, 2.24) is 10.2 Å². The van der Waals surface area contributed by atoms with Crippen LogP contribution in [0.4, 0.5) is 5.82 Å². The van der Waals surface area contributed by atoms with Crippen LogP contribution >= 0.6 is 23.2 Å². The Kier molecular flexibility index (Phi) is 4.24. The summed E-state index contributed by atoms with van der Waals surface area (Å²) in [6.07, 6.45) is 1.54. The molecule has 3 aromatic rings. The normalized spacial score (nSPS) is 13.7. The molecule has 25 heavy (non-hydrogen) atoms. The lowest BCUT2D eigenvalue weighted by Gasteiger charge is -2.07. The zero-order valence-corrected chi connectivity index (χ0v) is 14.7. The Labute approximate surface area is 155 Å². The van der Waals surface area contributed by atoms with E-state index in [4.69, 9.17) is 23.2 Å². The van der Waals surface area contributed by atoms with E-state index < -0.39 is 0 Å². The topological polar surface area (TPSA) is 57.8 Å². The Balaban J connectivity index is 1.46. The molecule has 0 unspecified atom stereocenters. The van der Waals surface area contributed by atoms with Crippen molar-refractivity contribution in [3.05, 3.63) is 69.7 Å². The summed E-state index contributed by atoms with van der Waals surface area (Å²) >= 11 is 12.0. The molecule has 126 valence electrons. The molecule has 1 aliphatic carbocycles. The highest BCUT2D eigenvalue weighted by Crippen LogP contribution is 2.30. The first kappa shape index (κ1) is 16.2. The van der Waals surface area contributed by atoms with Gasteiger partial charge in [-0.2, -0.15) is 5.10 Å². The minimum atomic E-state index is -0.0532. The molecule has 0 saturated carbocycles. The Morgan fingerprint density at radius 1 is 1.04 bits per heavy atom. The molecule has 1 heterocycles. The molecule has 0 saturated heterocycles. The third-order valence-corrected chi connectivity index (χ3v) is 5.22. The Morgan fingerprint density at radius 3 is 2.44 bits per heavy atom. The second kappa shape index (κ2) is 6.54. The number of aromatic amines is 1. The summed E-state index contributed by atoms with van der Waals surface area (Å²) in [6.45, 7) is 0. The van der Waals surface area contributed by atoms with Gasteiger partial charge >= 0.3 is 0 Å². The SMILES string of the molecule is O=C(Nc1cc(-c2ccc(Cl)c(Cl)c2)[nH]n1)C1Cc2ccccc2C1. The van der Waals surface area contributed by atoms with Crippen molar-refractivity contribution in [2.75, 3.05) is 5.32 Å². The number of halogens is 2. The molecule has 0 fully saturated rings. The molecule has 2 N–H and O–H groups in total. The summed E-state index contributed by atoms with van der Waals surface area (Å²) in [5, 5.41) is 11.0. The molecule has 6 heteroatoms. The van der Waals surface area contributed by atoms with Gasteiger partial charge < -0.3 is 5.32 Å². The van der Waals surface area contributed by atoms with Crippen molar-refractivity contribution in [3.8, 4) is 11.3 Å². The molecule has 0 aliphatic heterocycles. The van der Waals surface area contributed by atoms with Gasteiger partial charge in [-0.1, -0.05) is 53.5 Å². The van der Waals surface area contributed by atoms with Gasteiger partial charge in [-0.25, -0.2) is 0 Å². The Bertz CT molecular complexity index is 926. The average Bonchev–Trinajstić information content (AvgIpc) is 3.24. The van der Waals surface area contributed by atoms with E-state index >= 15 is 0 Å². The number of H-pyrrole nitrogens is 1. The van der Waals surface area contributed by atoms with Crippen LogP contribution in [0.3, 0.4) is 0 Å². The Morgan fingerprint density at radius 2 is 1.76 bits per heavy atom. The third-order valence-electron chi connectivity index (χ3n) is 4.48. The molecular formula is C19H15Cl2N3O. The summed E-state index contributed by atoms with van der Waals surface area (Å²) in [7, 11) is 0. The average molecular weight is 372 g/mol. The molecule has 1 amide bonds. The van der Waals surface area contributed by atoms with Crippen molar-refractivity contribution in [2.24, 2.45) is 5.92 Å². The maximum Gasteiger partial charge on any atom is 0.229 e. The van der Waals surface area contributed by atoms with Gasteiger partial charge in [0.2, 0.25) is 5.91 Å². The van der Waals surface area contributed by atoms with Crippen LogP contribution in [-0.2, 0) is 17.6 Å². The smallest absolute Gasteiger partial charge is 0.229 e. The number of hydrogen-bond acceptors (Lipinski definition) is 2. The van der Waals surface area contributed by atoms with Gasteiger partial charge in [-0.05, 0) is 36.1 Å². The van der Waals surface area contributed by atoms with Gasteiger partial charge in [-0.15, -0.1) is 0 Å². The number of nitrogens with zero attached hydrogens (tertiary/aromatic N) is 1. The van der Waals surface area contributed by atoms with E-state index in [2.05, 4.69) is 27.6 Å². The van der Waals surface area contributed by atoms with E-state index in [9.17, 15) is 4.79 Å². The standard InChI is InChI=1S/C19H15Cl2N3O/c20-15-6-5-13(9-16(15)21)17-10-18(24-23-17)22-19(25)14-7-11-3-1-2-4-12(11)8-14/h1-6,9-10,14H,7-8H2,(H2,22,23,24,25). The summed E-state index contributed by atoms with van der Waals surface area (Å²) < 4.78 is 0. The van der Waals surface area contributed by atoms with E-state index in [1.807, 2.05) is 18.2 Å². The summed E-state index contributed by atoms with van der Waals surface area (Å²) in [5.74, 6) is 0.438. The van der Waals surface area contributed by atoms with E-state index in [1.54, 1.807) is 18.2 Å². The summed E-state index contributed by atoms with van der Waals surface area (Å²) in [6, 6.07) is 15.3. The largest absolute Gasteiger partial charge is 0.309 e. The number of carbonyl (C=O) groups is 1. The van der Waals surface area contributed by atoms with Gasteiger partial charge in [0.25, 0.3) is 0 Å². The number of carbonyl (C=O) groups excluding carboxylic acids is 1. The number of aromatic nitrogens is 2. The first-order chi connectivity index (χ1) is 12.1. The molecule has 1 aliphatic rings. The first-order valence-electron chi connectivity index (χ1n) is 7.98. The lowest BCUT2D eigenvalue weighted by molar-refractivity contribution is -0.119. The van der Waals surface area contributed by atoms with Crippen molar-refractivity contribution in [1.29, 1.82) is 0 Å². The fourth-order valence-electron chi connectivity index (χ4n) is 3.17. The maximum absolute atomic E-state index is 12.5. The van der Waals surface area contributed by atoms with Gasteiger partial charge in [0.1, 0.15) is 0 Å². The first-order valence-corrected chi connectivity index (χ1v) is 8.74. The highest BCUT2D eigenvalue weighted by atomic mass is 35.5. The fraction of sp³-hybridized carbons (Fsp3) is 0.158. The molecule has 1 aromatic heterocycles. The molecule has 0 atom stereocenters. The molecule has 0 spiro atoms. The van der Waals surface area contributed by atoms with Crippen LogP contribution in [0, 0.1) is 5.92 Å². The monoisotopic (exact) mass is 371 g/mol. The minimum Gasteiger partial charge on any atom is -0.309 e. The van der Waals surface area contributed by atoms with Crippen LogP contribution in [0.25, 0.3) is 11.3 Å². The van der Waals surface area contributed by atoms with Gasteiger partial charge in [0.15, 0.2) is 5.82 Å². The quantitative estimate of drug-likeness (QED) is 0.698. The molecule has 4 nitrogen and oxygen atoms in total. The van der Waals surface area contributed by atoms with E-state index in [-0.39, 0.29) is 11.8 Å². The van der Waals surface area contributed by atoms with Crippen LogP contribution in [0.5, 0.6) is 0 Å². The number of nitrogens with one attached hydrogen (secondary N) is 2. The zero-order valence-electron chi connectivity index (χ0n) is 13.2. The second-order valence-corrected chi connectivity index (χ2v) is 6.97. The van der Waals surface area contributed by atoms with Crippen LogP contribution in [0.15, 0.2) is 48.5 Å². The van der Waals surface area contributed by atoms with Crippen LogP contribution in [0.2, 0.25) is 10.0 Å². The zero-order chi connectivity index (χ0) is 17.4. The Hall–Kier alpha value is -2.30. The van der Waals surface area contributed by atoms with Gasteiger partial charge in [0.05, 0.1) is 15.7 Å². The number of fused-ring (bicyclic) bond motifs is 1. The molecule has 2 aromatic carbocycles. The number of hydrogen-bond donors (Lipinski definition) is 2. The van der Waals surface area contributed by atoms with E-state index in [0.717, 1.165) is 24.1 Å².